The van der Waals surface area contributed by atoms with Crippen LogP contribution in [0.15, 0.2) is 22.7 Å². The monoisotopic (exact) mass is 341 g/mol. The predicted octanol–water partition coefficient (Wildman–Crippen LogP) is 2.93. The Labute approximate surface area is 132 Å². The fraction of sp³-hybridized carbons (Fsp3) is 0.625. The first-order valence-corrected chi connectivity index (χ1v) is 8.06. The summed E-state index contributed by atoms with van der Waals surface area (Å²) in [5.74, 6) is 0.680. The van der Waals surface area contributed by atoms with Crippen LogP contribution in [0, 0.1) is 5.92 Å². The molecule has 114 valence electrons. The van der Waals surface area contributed by atoms with E-state index in [2.05, 4.69) is 71.9 Å². The van der Waals surface area contributed by atoms with Gasteiger partial charge in [-0.3, -0.25) is 4.90 Å². The molecule has 2 N–H and O–H groups in total. The molecule has 1 aromatic carbocycles. The minimum atomic E-state index is 0.592. The van der Waals surface area contributed by atoms with E-state index in [1.54, 1.807) is 0 Å². The highest BCUT2D eigenvalue weighted by Gasteiger charge is 2.11. The van der Waals surface area contributed by atoms with Crippen molar-refractivity contribution >= 4 is 15.9 Å². The highest BCUT2D eigenvalue weighted by molar-refractivity contribution is 9.10. The molecule has 0 aliphatic carbocycles. The first kappa shape index (κ1) is 17.6. The van der Waals surface area contributed by atoms with Crippen LogP contribution in [0.1, 0.15) is 25.0 Å². The fourth-order valence-electron chi connectivity index (χ4n) is 2.18. The van der Waals surface area contributed by atoms with Gasteiger partial charge in [0.2, 0.25) is 0 Å². The van der Waals surface area contributed by atoms with Gasteiger partial charge in [0.25, 0.3) is 0 Å². The van der Waals surface area contributed by atoms with Crippen LogP contribution < -0.4 is 5.73 Å². The molecule has 0 radical (unpaired) electrons. The fourth-order valence-corrected chi connectivity index (χ4v) is 2.73. The molecule has 0 unspecified atom stereocenters. The van der Waals surface area contributed by atoms with E-state index in [0.717, 1.165) is 26.2 Å². The maximum Gasteiger partial charge on any atom is 0.0245 e. The van der Waals surface area contributed by atoms with Gasteiger partial charge in [-0.2, -0.15) is 0 Å². The van der Waals surface area contributed by atoms with E-state index in [4.69, 9.17) is 5.73 Å². The van der Waals surface area contributed by atoms with Crippen molar-refractivity contribution in [3.05, 3.63) is 33.8 Å². The summed E-state index contributed by atoms with van der Waals surface area (Å²) >= 11 is 3.67. The topological polar surface area (TPSA) is 32.5 Å². The second-order valence-corrected chi connectivity index (χ2v) is 6.92. The number of rotatable bonds is 8. The molecule has 0 spiro atoms. The van der Waals surface area contributed by atoms with Crippen LogP contribution in [0.5, 0.6) is 0 Å². The molecular weight excluding hydrogens is 314 g/mol. The Kier molecular flexibility index (Phi) is 7.74. The van der Waals surface area contributed by atoms with Crippen molar-refractivity contribution in [1.29, 1.82) is 0 Å². The molecule has 1 aromatic rings. The SMILES string of the molecule is CC(C)CN(CCN(C)C)Cc1ccc(CN)cc1Br. The molecule has 0 atom stereocenters. The summed E-state index contributed by atoms with van der Waals surface area (Å²) in [6.07, 6.45) is 0. The van der Waals surface area contributed by atoms with Crippen LogP contribution in [-0.2, 0) is 13.1 Å². The molecule has 1 rings (SSSR count). The molecule has 0 amide bonds. The lowest BCUT2D eigenvalue weighted by atomic mass is 10.1. The highest BCUT2D eigenvalue weighted by atomic mass is 79.9. The number of nitrogens with zero attached hydrogens (tertiary/aromatic N) is 2. The first-order valence-electron chi connectivity index (χ1n) is 7.26. The Balaban J connectivity index is 2.72. The van der Waals surface area contributed by atoms with Gasteiger partial charge >= 0.3 is 0 Å². The zero-order valence-corrected chi connectivity index (χ0v) is 14.8. The third-order valence-corrected chi connectivity index (χ3v) is 3.97. The summed E-state index contributed by atoms with van der Waals surface area (Å²) in [6, 6.07) is 6.45. The van der Waals surface area contributed by atoms with Gasteiger partial charge in [0, 0.05) is 37.2 Å². The van der Waals surface area contributed by atoms with Crippen molar-refractivity contribution in [3.8, 4) is 0 Å². The van der Waals surface area contributed by atoms with E-state index < -0.39 is 0 Å². The van der Waals surface area contributed by atoms with E-state index in [1.807, 2.05) is 0 Å². The summed E-state index contributed by atoms with van der Waals surface area (Å²) in [5.41, 5.74) is 8.19. The number of hydrogen-bond acceptors (Lipinski definition) is 3. The van der Waals surface area contributed by atoms with Crippen molar-refractivity contribution in [1.82, 2.24) is 9.80 Å². The van der Waals surface area contributed by atoms with Gasteiger partial charge in [-0.1, -0.05) is 41.9 Å². The number of nitrogens with two attached hydrogens (primary N) is 1. The second kappa shape index (κ2) is 8.78. The van der Waals surface area contributed by atoms with Crippen LogP contribution in [0.25, 0.3) is 0 Å². The molecule has 3 nitrogen and oxygen atoms in total. The van der Waals surface area contributed by atoms with Crippen molar-refractivity contribution in [3.63, 3.8) is 0 Å². The van der Waals surface area contributed by atoms with Gasteiger partial charge in [0.05, 0.1) is 0 Å². The third-order valence-electron chi connectivity index (χ3n) is 3.23. The van der Waals surface area contributed by atoms with E-state index in [1.165, 1.54) is 15.6 Å². The standard InChI is InChI=1S/C16H28BrN3/c1-13(2)11-20(8-7-19(3)4)12-15-6-5-14(10-18)9-16(15)17/h5-6,9,13H,7-8,10-12,18H2,1-4H3. The second-order valence-electron chi connectivity index (χ2n) is 6.06. The van der Waals surface area contributed by atoms with E-state index in [0.29, 0.717) is 12.5 Å². The zero-order valence-electron chi connectivity index (χ0n) is 13.2. The summed E-state index contributed by atoms with van der Waals surface area (Å²) in [4.78, 5) is 4.76. The van der Waals surface area contributed by atoms with Crippen molar-refractivity contribution in [2.45, 2.75) is 26.9 Å². The Morgan fingerprint density at radius 2 is 1.90 bits per heavy atom. The average molecular weight is 342 g/mol. The van der Waals surface area contributed by atoms with Crippen LogP contribution >= 0.6 is 15.9 Å². The Hall–Kier alpha value is -0.420. The molecule has 4 heteroatoms. The normalized spacial score (nSPS) is 11.8. The molecule has 0 heterocycles. The van der Waals surface area contributed by atoms with Gasteiger partial charge in [-0.15, -0.1) is 0 Å². The van der Waals surface area contributed by atoms with E-state index in [9.17, 15) is 0 Å². The maximum absolute atomic E-state index is 5.68. The maximum atomic E-state index is 5.68. The molecular formula is C16H28BrN3. The molecule has 0 saturated heterocycles. The lowest BCUT2D eigenvalue weighted by Crippen LogP contribution is -2.34. The summed E-state index contributed by atoms with van der Waals surface area (Å²) in [7, 11) is 4.25. The van der Waals surface area contributed by atoms with Crippen LogP contribution in [0.2, 0.25) is 0 Å². The highest BCUT2D eigenvalue weighted by Crippen LogP contribution is 2.20. The number of hydrogen-bond donors (Lipinski definition) is 1. The average Bonchev–Trinajstić information content (AvgIpc) is 2.37. The van der Waals surface area contributed by atoms with Gasteiger partial charge < -0.3 is 10.6 Å². The van der Waals surface area contributed by atoms with Crippen molar-refractivity contribution in [2.24, 2.45) is 11.7 Å². The van der Waals surface area contributed by atoms with Gasteiger partial charge in [-0.25, -0.2) is 0 Å². The van der Waals surface area contributed by atoms with Gasteiger partial charge in [0.15, 0.2) is 0 Å². The van der Waals surface area contributed by atoms with Crippen LogP contribution in [-0.4, -0.2) is 43.5 Å². The Morgan fingerprint density at radius 1 is 1.20 bits per heavy atom. The van der Waals surface area contributed by atoms with Crippen molar-refractivity contribution < 1.29 is 0 Å². The number of benzene rings is 1. The van der Waals surface area contributed by atoms with Crippen LogP contribution in [0.3, 0.4) is 0 Å². The molecule has 0 fully saturated rings. The van der Waals surface area contributed by atoms with Gasteiger partial charge in [-0.05, 0) is 37.2 Å². The third kappa shape index (κ3) is 6.35. The molecule has 0 aromatic heterocycles. The van der Waals surface area contributed by atoms with Gasteiger partial charge in [0.1, 0.15) is 0 Å². The summed E-state index contributed by atoms with van der Waals surface area (Å²) in [5, 5.41) is 0. The van der Waals surface area contributed by atoms with E-state index in [-0.39, 0.29) is 0 Å². The molecule has 0 saturated carbocycles. The lowest BCUT2D eigenvalue weighted by Gasteiger charge is -2.26. The number of halogens is 1. The predicted molar refractivity (Wildman–Crippen MR) is 90.7 cm³/mol. The molecule has 0 aliphatic rings. The van der Waals surface area contributed by atoms with Crippen LogP contribution in [0.4, 0.5) is 0 Å². The number of likely N-dealkylation sites (N-methyl/N-ethyl adjacent to an activating group) is 1. The minimum Gasteiger partial charge on any atom is -0.326 e. The van der Waals surface area contributed by atoms with E-state index >= 15 is 0 Å². The zero-order chi connectivity index (χ0) is 15.1. The largest absolute Gasteiger partial charge is 0.326 e. The summed E-state index contributed by atoms with van der Waals surface area (Å²) in [6.45, 7) is 9.43. The smallest absolute Gasteiger partial charge is 0.0245 e. The minimum absolute atomic E-state index is 0.592. The molecule has 0 bridgehead atoms. The molecule has 0 aliphatic heterocycles. The Bertz CT molecular complexity index is 405. The van der Waals surface area contributed by atoms with Crippen molar-refractivity contribution in [2.75, 3.05) is 33.7 Å². The quantitative estimate of drug-likeness (QED) is 0.788. The Morgan fingerprint density at radius 3 is 2.40 bits per heavy atom. The first-order chi connectivity index (χ1) is 9.42. The lowest BCUT2D eigenvalue weighted by molar-refractivity contribution is 0.211. The molecule has 20 heavy (non-hydrogen) atoms. The summed E-state index contributed by atoms with van der Waals surface area (Å²) < 4.78 is 1.17.